The van der Waals surface area contributed by atoms with Crippen LogP contribution < -0.4 is 0 Å². The van der Waals surface area contributed by atoms with Crippen molar-refractivity contribution in [3.63, 3.8) is 0 Å². The topological polar surface area (TPSA) is 171 Å². The molecule has 2 fully saturated rings. The molecule has 0 aliphatic heterocycles. The molecular weight excluding hydrogens is 312 g/mol. The third-order valence-corrected chi connectivity index (χ3v) is 5.02. The highest BCUT2D eigenvalue weighted by molar-refractivity contribution is 4.97. The molecule has 0 heterocycles. The summed E-state index contributed by atoms with van der Waals surface area (Å²) in [5, 5.41) is 77.7. The Morgan fingerprint density at radius 2 is 0.913 bits per heavy atom. The largest absolute Gasteiger partial charge is 0.396 e. The number of ether oxygens (including phenoxy) is 1. The Morgan fingerprint density at radius 1 is 0.565 bits per heavy atom. The van der Waals surface area contributed by atoms with E-state index in [1.54, 1.807) is 0 Å². The molecule has 2 saturated carbocycles. The van der Waals surface area contributed by atoms with Gasteiger partial charge in [0, 0.05) is 25.0 Å². The van der Waals surface area contributed by atoms with E-state index in [0.29, 0.717) is 0 Å². The van der Waals surface area contributed by atoms with Gasteiger partial charge < -0.3 is 45.6 Å². The van der Waals surface area contributed by atoms with Crippen LogP contribution in [0.5, 0.6) is 0 Å². The van der Waals surface area contributed by atoms with Gasteiger partial charge in [0.15, 0.2) is 0 Å². The van der Waals surface area contributed by atoms with Crippen molar-refractivity contribution in [2.75, 3.05) is 13.2 Å². The molecule has 23 heavy (non-hydrogen) atoms. The Bertz CT molecular complexity index is 343. The zero-order chi connectivity index (χ0) is 17.3. The molecule has 0 aromatic rings. The maximum atomic E-state index is 10.0. The fourth-order valence-corrected chi connectivity index (χ4v) is 3.42. The van der Waals surface area contributed by atoms with Crippen LogP contribution in [0.15, 0.2) is 0 Å². The summed E-state index contributed by atoms with van der Waals surface area (Å²) in [7, 11) is 0. The second-order valence-corrected chi connectivity index (χ2v) is 6.51. The summed E-state index contributed by atoms with van der Waals surface area (Å²) >= 11 is 0. The van der Waals surface area contributed by atoms with Crippen molar-refractivity contribution < 1.29 is 45.6 Å². The number of rotatable bonds is 4. The standard InChI is InChI=1S/C14H26O9/c15-3-5-1-7(11(19)13(21)9(5)17)23-8-2-6(4-16)10(18)14(22)12(8)20/h5-22H,1-4H2/t5?,6?,7-,8?,9+,10+,11?,12+,13?,14-/m0/s1. The lowest BCUT2D eigenvalue weighted by molar-refractivity contribution is -0.231. The van der Waals surface area contributed by atoms with Crippen molar-refractivity contribution in [1.82, 2.24) is 0 Å². The summed E-state index contributed by atoms with van der Waals surface area (Å²) < 4.78 is 5.59. The first-order chi connectivity index (χ1) is 10.8. The van der Waals surface area contributed by atoms with Crippen molar-refractivity contribution >= 4 is 0 Å². The number of hydrogen-bond acceptors (Lipinski definition) is 9. The van der Waals surface area contributed by atoms with Gasteiger partial charge in [-0.1, -0.05) is 0 Å². The molecular formula is C14H26O9. The highest BCUT2D eigenvalue weighted by Crippen LogP contribution is 2.33. The van der Waals surface area contributed by atoms with E-state index in [1.807, 2.05) is 0 Å². The Morgan fingerprint density at radius 3 is 1.22 bits per heavy atom. The van der Waals surface area contributed by atoms with Gasteiger partial charge in [0.1, 0.15) is 24.4 Å². The lowest BCUT2D eigenvalue weighted by Crippen LogP contribution is -2.59. The molecule has 2 aliphatic rings. The number of aliphatic hydroxyl groups is 8. The molecule has 136 valence electrons. The first-order valence-electron chi connectivity index (χ1n) is 7.77. The maximum absolute atomic E-state index is 10.0. The molecule has 2 rings (SSSR count). The minimum atomic E-state index is -1.50. The second kappa shape index (κ2) is 7.68. The molecule has 0 bridgehead atoms. The summed E-state index contributed by atoms with van der Waals surface area (Å²) in [6.07, 6.45) is -10.2. The molecule has 0 amide bonds. The Hall–Kier alpha value is -0.360. The summed E-state index contributed by atoms with van der Waals surface area (Å²) in [5.74, 6) is -1.38. The van der Waals surface area contributed by atoms with Crippen molar-refractivity contribution in [2.24, 2.45) is 11.8 Å². The normalized spacial score (nSPS) is 51.7. The predicted molar refractivity (Wildman–Crippen MR) is 75.1 cm³/mol. The van der Waals surface area contributed by atoms with Crippen LogP contribution in [-0.4, -0.2) is 103 Å². The Labute approximate surface area is 133 Å². The van der Waals surface area contributed by atoms with Crippen LogP contribution in [-0.2, 0) is 4.74 Å². The van der Waals surface area contributed by atoms with Gasteiger partial charge in [-0.2, -0.15) is 0 Å². The summed E-state index contributed by atoms with van der Waals surface area (Å²) in [5.41, 5.74) is 0. The van der Waals surface area contributed by atoms with Gasteiger partial charge in [-0.25, -0.2) is 0 Å². The van der Waals surface area contributed by atoms with Crippen molar-refractivity contribution in [3.8, 4) is 0 Å². The average Bonchev–Trinajstić information content (AvgIpc) is 2.55. The van der Waals surface area contributed by atoms with Crippen LogP contribution in [0.25, 0.3) is 0 Å². The molecule has 8 N–H and O–H groups in total. The van der Waals surface area contributed by atoms with Gasteiger partial charge in [0.2, 0.25) is 0 Å². The van der Waals surface area contributed by atoms with E-state index in [-0.39, 0.29) is 12.8 Å². The van der Waals surface area contributed by atoms with Crippen LogP contribution in [0.4, 0.5) is 0 Å². The molecule has 0 radical (unpaired) electrons. The van der Waals surface area contributed by atoms with E-state index in [2.05, 4.69) is 0 Å². The smallest absolute Gasteiger partial charge is 0.109 e. The summed E-state index contributed by atoms with van der Waals surface area (Å²) in [6, 6.07) is 0. The monoisotopic (exact) mass is 338 g/mol. The molecule has 0 spiro atoms. The number of hydrogen-bond donors (Lipinski definition) is 8. The van der Waals surface area contributed by atoms with Crippen LogP contribution >= 0.6 is 0 Å². The van der Waals surface area contributed by atoms with Gasteiger partial charge >= 0.3 is 0 Å². The molecule has 9 heteroatoms. The average molecular weight is 338 g/mol. The highest BCUT2D eigenvalue weighted by atomic mass is 16.5. The van der Waals surface area contributed by atoms with Gasteiger partial charge in [-0.05, 0) is 12.8 Å². The van der Waals surface area contributed by atoms with Crippen LogP contribution in [0.1, 0.15) is 12.8 Å². The molecule has 0 aromatic carbocycles. The predicted octanol–water partition coefficient (Wildman–Crippen LogP) is -4.07. The van der Waals surface area contributed by atoms with Gasteiger partial charge in [0.25, 0.3) is 0 Å². The third kappa shape index (κ3) is 3.68. The van der Waals surface area contributed by atoms with Gasteiger partial charge in [0.05, 0.1) is 24.4 Å². The van der Waals surface area contributed by atoms with E-state index in [4.69, 9.17) is 4.74 Å². The van der Waals surface area contributed by atoms with Crippen LogP contribution in [0, 0.1) is 11.8 Å². The van der Waals surface area contributed by atoms with Crippen molar-refractivity contribution in [3.05, 3.63) is 0 Å². The lowest BCUT2D eigenvalue weighted by Gasteiger charge is -2.45. The molecule has 0 aromatic heterocycles. The quantitative estimate of drug-likeness (QED) is 0.254. The fraction of sp³-hybridized carbons (Fsp3) is 1.00. The van der Waals surface area contributed by atoms with E-state index >= 15 is 0 Å². The van der Waals surface area contributed by atoms with Crippen molar-refractivity contribution in [1.29, 1.82) is 0 Å². The van der Waals surface area contributed by atoms with Gasteiger partial charge in [-0.15, -0.1) is 0 Å². The first kappa shape index (κ1) is 19.0. The molecule has 10 atom stereocenters. The summed E-state index contributed by atoms with van der Waals surface area (Å²) in [6.45, 7) is -0.808. The molecule has 5 unspecified atom stereocenters. The van der Waals surface area contributed by atoms with E-state index in [1.165, 1.54) is 0 Å². The fourth-order valence-electron chi connectivity index (χ4n) is 3.42. The summed E-state index contributed by atoms with van der Waals surface area (Å²) in [4.78, 5) is 0. The maximum Gasteiger partial charge on any atom is 0.109 e. The Kier molecular flexibility index (Phi) is 6.34. The Balaban J connectivity index is 2.07. The van der Waals surface area contributed by atoms with E-state index < -0.39 is 73.9 Å². The van der Waals surface area contributed by atoms with Crippen molar-refractivity contribution in [2.45, 2.75) is 61.7 Å². The molecule has 2 aliphatic carbocycles. The zero-order valence-electron chi connectivity index (χ0n) is 12.6. The lowest BCUT2D eigenvalue weighted by atomic mass is 9.79. The minimum absolute atomic E-state index is 0.0571. The third-order valence-electron chi connectivity index (χ3n) is 5.02. The SMILES string of the molecule is OCC1C[C@H](OC2CC(CO)[C@@H](O)[C@H](O)[C@@H]2O)C(O)C(O)[C@@H]1O. The van der Waals surface area contributed by atoms with Crippen LogP contribution in [0.3, 0.4) is 0 Å². The minimum Gasteiger partial charge on any atom is -0.396 e. The van der Waals surface area contributed by atoms with Gasteiger partial charge in [-0.3, -0.25) is 0 Å². The van der Waals surface area contributed by atoms with Crippen LogP contribution in [0.2, 0.25) is 0 Å². The van der Waals surface area contributed by atoms with E-state index in [0.717, 1.165) is 0 Å². The second-order valence-electron chi connectivity index (χ2n) is 6.51. The first-order valence-corrected chi connectivity index (χ1v) is 7.77. The zero-order valence-corrected chi connectivity index (χ0v) is 12.6. The molecule has 9 nitrogen and oxygen atoms in total. The number of aliphatic hydroxyl groups excluding tert-OH is 8. The highest BCUT2D eigenvalue weighted by Gasteiger charge is 2.48. The molecule has 0 saturated heterocycles. The van der Waals surface area contributed by atoms with E-state index in [9.17, 15) is 40.9 Å².